The quantitative estimate of drug-likeness (QED) is 0.234. The Kier molecular flexibility index (Phi) is 9.22. The largest absolute Gasteiger partial charge is 0.494 e. The average Bonchev–Trinajstić information content (AvgIpc) is 3.30. The Bertz CT molecular complexity index is 1430. The van der Waals surface area contributed by atoms with Gasteiger partial charge in [-0.15, -0.1) is 10.2 Å². The first-order valence-corrected chi connectivity index (χ1v) is 13.2. The second-order valence-electron chi connectivity index (χ2n) is 7.79. The Labute approximate surface area is 232 Å². The van der Waals surface area contributed by atoms with Crippen molar-refractivity contribution in [1.29, 1.82) is 0 Å². The fourth-order valence-electron chi connectivity index (χ4n) is 3.47. The van der Waals surface area contributed by atoms with E-state index in [2.05, 4.69) is 20.8 Å². The van der Waals surface area contributed by atoms with Crippen molar-refractivity contribution in [2.24, 2.45) is 0 Å². The highest BCUT2D eigenvalue weighted by Gasteiger charge is 2.20. The molecule has 3 aromatic carbocycles. The van der Waals surface area contributed by atoms with Gasteiger partial charge in [0.05, 0.1) is 35.2 Å². The number of nitrogens with zero attached hydrogens (tertiary/aromatic N) is 3. The molecule has 0 bridgehead atoms. The van der Waals surface area contributed by atoms with Crippen LogP contribution in [0.5, 0.6) is 5.75 Å². The van der Waals surface area contributed by atoms with Gasteiger partial charge in [-0.05, 0) is 61.5 Å². The van der Waals surface area contributed by atoms with Crippen molar-refractivity contribution in [1.82, 2.24) is 20.1 Å². The molecule has 2 amide bonds. The van der Waals surface area contributed by atoms with E-state index in [1.54, 1.807) is 53.1 Å². The number of anilines is 1. The third-order valence-corrected chi connectivity index (χ3v) is 6.62. The molecular formula is C26H22Cl2FN5O3S. The molecule has 0 saturated heterocycles. The normalized spacial score (nSPS) is 10.7. The van der Waals surface area contributed by atoms with Gasteiger partial charge in [-0.2, -0.15) is 0 Å². The number of nitrogens with one attached hydrogen (secondary N) is 2. The number of hydrogen-bond acceptors (Lipinski definition) is 6. The molecule has 0 saturated carbocycles. The molecule has 4 aromatic rings. The summed E-state index contributed by atoms with van der Waals surface area (Å²) in [4.78, 5) is 25.2. The summed E-state index contributed by atoms with van der Waals surface area (Å²) in [5, 5.41) is 14.7. The van der Waals surface area contributed by atoms with Crippen LogP contribution in [0.15, 0.2) is 71.9 Å². The van der Waals surface area contributed by atoms with Gasteiger partial charge >= 0.3 is 0 Å². The van der Waals surface area contributed by atoms with E-state index in [1.807, 2.05) is 6.92 Å². The van der Waals surface area contributed by atoms with E-state index < -0.39 is 11.7 Å². The monoisotopic (exact) mass is 573 g/mol. The zero-order valence-corrected chi connectivity index (χ0v) is 22.4. The molecule has 0 aliphatic rings. The van der Waals surface area contributed by atoms with Gasteiger partial charge < -0.3 is 15.4 Å². The third kappa shape index (κ3) is 6.83. The standard InChI is InChI=1S/C26H22Cl2FN5O3S/c1-2-37-19-11-9-17(10-12-19)31-23(35)15-38-26-33-32-22(34(26)18-6-3-5-16(27)13-18)14-30-25(36)24-20(28)7-4-8-21(24)29/h3-13H,2,14-15H2,1H3,(H,30,36)(H,31,35). The zero-order chi connectivity index (χ0) is 27.1. The minimum absolute atomic E-state index is 0.00593. The molecule has 196 valence electrons. The lowest BCUT2D eigenvalue weighted by molar-refractivity contribution is -0.113. The topological polar surface area (TPSA) is 98.1 Å². The average molecular weight is 574 g/mol. The molecule has 8 nitrogen and oxygen atoms in total. The number of benzene rings is 3. The number of carbonyl (C=O) groups excluding carboxylic acids is 2. The molecule has 2 N–H and O–H groups in total. The molecule has 12 heteroatoms. The van der Waals surface area contributed by atoms with Crippen LogP contribution in [-0.2, 0) is 11.3 Å². The first kappa shape index (κ1) is 27.4. The SMILES string of the molecule is CCOc1ccc(NC(=O)CSc2nnc(CNC(=O)c3c(F)cccc3Cl)n2-c2cccc(Cl)c2)cc1. The summed E-state index contributed by atoms with van der Waals surface area (Å²) in [6.45, 7) is 2.37. The number of carbonyl (C=O) groups is 2. The predicted molar refractivity (Wildman–Crippen MR) is 146 cm³/mol. The minimum Gasteiger partial charge on any atom is -0.494 e. The Morgan fingerprint density at radius 3 is 2.53 bits per heavy atom. The third-order valence-electron chi connectivity index (χ3n) is 5.15. The van der Waals surface area contributed by atoms with Gasteiger partial charge in [-0.25, -0.2) is 4.39 Å². The Morgan fingerprint density at radius 2 is 1.82 bits per heavy atom. The van der Waals surface area contributed by atoms with Crippen molar-refractivity contribution in [3.8, 4) is 11.4 Å². The van der Waals surface area contributed by atoms with Gasteiger partial charge in [0.1, 0.15) is 11.6 Å². The number of halogens is 3. The van der Waals surface area contributed by atoms with Crippen molar-refractivity contribution < 1.29 is 18.7 Å². The van der Waals surface area contributed by atoms with Gasteiger partial charge in [0.2, 0.25) is 5.91 Å². The van der Waals surface area contributed by atoms with Gasteiger partial charge in [0, 0.05) is 10.7 Å². The fraction of sp³-hybridized carbons (Fsp3) is 0.154. The Morgan fingerprint density at radius 1 is 1.05 bits per heavy atom. The molecule has 0 aliphatic heterocycles. The molecule has 1 aromatic heterocycles. The van der Waals surface area contributed by atoms with Gasteiger partial charge in [0.25, 0.3) is 5.91 Å². The van der Waals surface area contributed by atoms with Crippen molar-refractivity contribution in [2.45, 2.75) is 18.6 Å². The molecule has 0 atom stereocenters. The van der Waals surface area contributed by atoms with E-state index in [4.69, 9.17) is 27.9 Å². The zero-order valence-electron chi connectivity index (χ0n) is 20.1. The first-order valence-electron chi connectivity index (χ1n) is 11.4. The Balaban J connectivity index is 1.49. The summed E-state index contributed by atoms with van der Waals surface area (Å²) in [7, 11) is 0. The maximum atomic E-state index is 14.2. The van der Waals surface area contributed by atoms with Crippen LogP contribution in [0.3, 0.4) is 0 Å². The van der Waals surface area contributed by atoms with Crippen LogP contribution in [0.1, 0.15) is 23.1 Å². The highest BCUT2D eigenvalue weighted by Crippen LogP contribution is 2.25. The van der Waals surface area contributed by atoms with Gasteiger partial charge in [-0.3, -0.25) is 14.2 Å². The number of aromatic nitrogens is 3. The maximum absolute atomic E-state index is 14.2. The van der Waals surface area contributed by atoms with Crippen LogP contribution in [0.4, 0.5) is 10.1 Å². The molecule has 0 radical (unpaired) electrons. The number of thioether (sulfide) groups is 1. The number of amides is 2. The van der Waals surface area contributed by atoms with Gasteiger partial charge in [-0.1, -0.05) is 47.1 Å². The van der Waals surface area contributed by atoms with E-state index >= 15 is 0 Å². The first-order chi connectivity index (χ1) is 18.4. The minimum atomic E-state index is -0.735. The molecule has 38 heavy (non-hydrogen) atoms. The van der Waals surface area contributed by atoms with Crippen LogP contribution in [0, 0.1) is 5.82 Å². The van der Waals surface area contributed by atoms with Crippen LogP contribution in [-0.4, -0.2) is 38.9 Å². The fourth-order valence-corrected chi connectivity index (χ4v) is 4.68. The van der Waals surface area contributed by atoms with E-state index in [-0.39, 0.29) is 28.8 Å². The molecule has 0 aliphatic carbocycles. The van der Waals surface area contributed by atoms with E-state index in [0.717, 1.165) is 17.8 Å². The highest BCUT2D eigenvalue weighted by molar-refractivity contribution is 7.99. The maximum Gasteiger partial charge on any atom is 0.256 e. The smallest absolute Gasteiger partial charge is 0.256 e. The molecule has 0 spiro atoms. The van der Waals surface area contributed by atoms with Crippen LogP contribution >= 0.6 is 35.0 Å². The van der Waals surface area contributed by atoms with Crippen molar-refractivity contribution >= 4 is 52.5 Å². The lowest BCUT2D eigenvalue weighted by Gasteiger charge is -2.12. The van der Waals surface area contributed by atoms with E-state index in [9.17, 15) is 14.0 Å². The van der Waals surface area contributed by atoms with E-state index in [1.165, 1.54) is 12.1 Å². The number of hydrogen-bond donors (Lipinski definition) is 2. The summed E-state index contributed by atoms with van der Waals surface area (Å²) in [6, 6.07) is 18.0. The molecule has 0 fully saturated rings. The van der Waals surface area contributed by atoms with Crippen molar-refractivity contribution in [3.05, 3.63) is 94.0 Å². The summed E-state index contributed by atoms with van der Waals surface area (Å²) < 4.78 is 21.2. The second kappa shape index (κ2) is 12.8. The van der Waals surface area contributed by atoms with Crippen molar-refractivity contribution in [3.63, 3.8) is 0 Å². The summed E-state index contributed by atoms with van der Waals surface area (Å²) in [6.07, 6.45) is 0. The van der Waals surface area contributed by atoms with Crippen LogP contribution in [0.25, 0.3) is 5.69 Å². The summed E-state index contributed by atoms with van der Waals surface area (Å²) >= 11 is 13.4. The molecule has 4 rings (SSSR count). The van der Waals surface area contributed by atoms with Crippen molar-refractivity contribution in [2.75, 3.05) is 17.7 Å². The van der Waals surface area contributed by atoms with E-state index in [0.29, 0.717) is 39.7 Å². The lowest BCUT2D eigenvalue weighted by atomic mass is 10.2. The highest BCUT2D eigenvalue weighted by atomic mass is 35.5. The molecule has 1 heterocycles. The number of rotatable bonds is 10. The Hall–Kier alpha value is -3.60. The van der Waals surface area contributed by atoms with Gasteiger partial charge in [0.15, 0.2) is 11.0 Å². The van der Waals surface area contributed by atoms with Crippen LogP contribution in [0.2, 0.25) is 10.0 Å². The van der Waals surface area contributed by atoms with Crippen LogP contribution < -0.4 is 15.4 Å². The summed E-state index contributed by atoms with van der Waals surface area (Å²) in [5.74, 6) is -0.570. The second-order valence-corrected chi connectivity index (χ2v) is 9.57. The lowest BCUT2D eigenvalue weighted by Crippen LogP contribution is -2.26. The summed E-state index contributed by atoms with van der Waals surface area (Å²) in [5.41, 5.74) is 0.999. The predicted octanol–water partition coefficient (Wildman–Crippen LogP) is 5.77. The number of ether oxygens (including phenoxy) is 1. The molecule has 0 unspecified atom stereocenters. The molecular weight excluding hydrogens is 552 g/mol.